The number of unbranched alkanes of at least 4 members (excludes halogenated alkanes) is 1. The maximum Gasteiger partial charge on any atom is 0.193 e. The Labute approximate surface area is 182 Å². The fourth-order valence-electron chi connectivity index (χ4n) is 3.38. The van der Waals surface area contributed by atoms with Crippen molar-refractivity contribution in [2.75, 3.05) is 47.4 Å². The molecule has 0 bridgehead atoms. The summed E-state index contributed by atoms with van der Waals surface area (Å²) in [6, 6.07) is 9.11. The molecule has 1 aromatic rings. The Balaban J connectivity index is 0.00000364. The van der Waals surface area contributed by atoms with Crippen LogP contribution in [-0.2, 0) is 0 Å². The van der Waals surface area contributed by atoms with Gasteiger partial charge < -0.3 is 19.9 Å². The first-order chi connectivity index (χ1) is 12.5. The molecule has 5 nitrogen and oxygen atoms in total. The Morgan fingerprint density at radius 3 is 2.59 bits per heavy atom. The summed E-state index contributed by atoms with van der Waals surface area (Å²) in [7, 11) is 5.79. The van der Waals surface area contributed by atoms with Gasteiger partial charge in [0.25, 0.3) is 0 Å². The lowest BCUT2D eigenvalue weighted by molar-refractivity contribution is 0.268. The molecule has 0 aromatic heterocycles. The van der Waals surface area contributed by atoms with E-state index in [0.29, 0.717) is 12.0 Å². The highest BCUT2D eigenvalue weighted by atomic mass is 127. The molecule has 6 heteroatoms. The first-order valence-corrected chi connectivity index (χ1v) is 9.85. The topological polar surface area (TPSA) is 40.1 Å². The lowest BCUT2D eigenvalue weighted by Crippen LogP contribution is -2.40. The average molecular weight is 488 g/mol. The van der Waals surface area contributed by atoms with E-state index in [1.807, 2.05) is 7.05 Å². The van der Waals surface area contributed by atoms with Crippen molar-refractivity contribution in [1.29, 1.82) is 0 Å². The number of guanidine groups is 1. The van der Waals surface area contributed by atoms with E-state index in [1.165, 1.54) is 24.8 Å². The van der Waals surface area contributed by atoms with Crippen LogP contribution in [0, 0.1) is 0 Å². The van der Waals surface area contributed by atoms with E-state index in [4.69, 9.17) is 4.74 Å². The van der Waals surface area contributed by atoms with Crippen LogP contribution in [0.1, 0.15) is 44.6 Å². The molecule has 1 N–H and O–H groups in total. The maximum absolute atomic E-state index is 5.26. The molecule has 0 radical (unpaired) electrons. The second kappa shape index (κ2) is 12.4. The van der Waals surface area contributed by atoms with Crippen LogP contribution in [-0.4, -0.2) is 69.2 Å². The van der Waals surface area contributed by atoms with E-state index in [-0.39, 0.29) is 24.0 Å². The van der Waals surface area contributed by atoms with Crippen molar-refractivity contribution in [3.63, 3.8) is 0 Å². The molecule has 1 aromatic carbocycles. The third kappa shape index (κ3) is 7.49. The Bertz CT molecular complexity index is 562. The molecule has 0 amide bonds. The summed E-state index contributed by atoms with van der Waals surface area (Å²) in [6.07, 6.45) is 3.56. The van der Waals surface area contributed by atoms with Gasteiger partial charge in [-0.15, -0.1) is 24.0 Å². The Kier molecular flexibility index (Phi) is 11.1. The van der Waals surface area contributed by atoms with E-state index in [0.717, 1.165) is 37.9 Å². The molecule has 1 saturated heterocycles. The van der Waals surface area contributed by atoms with E-state index in [9.17, 15) is 0 Å². The van der Waals surface area contributed by atoms with Crippen molar-refractivity contribution in [3.05, 3.63) is 29.8 Å². The van der Waals surface area contributed by atoms with Gasteiger partial charge in [-0.2, -0.15) is 0 Å². The van der Waals surface area contributed by atoms with Crippen molar-refractivity contribution >= 4 is 29.9 Å². The number of nitrogens with zero attached hydrogens (tertiary/aromatic N) is 3. The van der Waals surface area contributed by atoms with Crippen LogP contribution >= 0.6 is 24.0 Å². The van der Waals surface area contributed by atoms with Crippen molar-refractivity contribution in [2.24, 2.45) is 4.99 Å². The number of benzene rings is 1. The van der Waals surface area contributed by atoms with Gasteiger partial charge in [-0.25, -0.2) is 0 Å². The lowest BCUT2D eigenvalue weighted by Gasteiger charge is -2.23. The number of hydrogen-bond donors (Lipinski definition) is 1. The third-order valence-corrected chi connectivity index (χ3v) is 5.39. The minimum absolute atomic E-state index is 0. The molecule has 0 spiro atoms. The minimum Gasteiger partial charge on any atom is -0.497 e. The minimum atomic E-state index is 0. The quantitative estimate of drug-likeness (QED) is 0.262. The second-order valence-corrected chi connectivity index (χ2v) is 7.46. The number of ether oxygens (including phenoxy) is 1. The first kappa shape index (κ1) is 24.0. The van der Waals surface area contributed by atoms with Gasteiger partial charge in [0.15, 0.2) is 5.96 Å². The SMILES string of the molecule is CN=C(NCCCCN(C)C(C)C)N1CCC(c2ccc(OC)cc2)C1.I. The molecular weight excluding hydrogens is 451 g/mol. The van der Waals surface area contributed by atoms with E-state index in [2.05, 4.69) is 65.3 Å². The van der Waals surface area contributed by atoms with Crippen LogP contribution in [0.3, 0.4) is 0 Å². The van der Waals surface area contributed by atoms with Crippen molar-refractivity contribution in [3.8, 4) is 5.75 Å². The van der Waals surface area contributed by atoms with Crippen LogP contribution < -0.4 is 10.1 Å². The van der Waals surface area contributed by atoms with Crippen LogP contribution in [0.5, 0.6) is 5.75 Å². The molecule has 1 heterocycles. The van der Waals surface area contributed by atoms with Gasteiger partial charge in [0.2, 0.25) is 0 Å². The van der Waals surface area contributed by atoms with Gasteiger partial charge in [0.1, 0.15) is 5.75 Å². The number of nitrogens with one attached hydrogen (secondary N) is 1. The molecule has 1 atom stereocenters. The summed E-state index contributed by atoms with van der Waals surface area (Å²) >= 11 is 0. The number of aliphatic imine (C=N–C) groups is 1. The highest BCUT2D eigenvalue weighted by molar-refractivity contribution is 14.0. The molecule has 1 fully saturated rings. The molecule has 27 heavy (non-hydrogen) atoms. The third-order valence-electron chi connectivity index (χ3n) is 5.39. The summed E-state index contributed by atoms with van der Waals surface area (Å²) in [4.78, 5) is 9.27. The van der Waals surface area contributed by atoms with Crippen molar-refractivity contribution in [1.82, 2.24) is 15.1 Å². The van der Waals surface area contributed by atoms with Gasteiger partial charge >= 0.3 is 0 Å². The summed E-state index contributed by atoms with van der Waals surface area (Å²) in [5.74, 6) is 2.53. The van der Waals surface area contributed by atoms with Gasteiger partial charge in [0.05, 0.1) is 7.11 Å². The van der Waals surface area contributed by atoms with Gasteiger partial charge in [0, 0.05) is 38.6 Å². The fraction of sp³-hybridized carbons (Fsp3) is 0.667. The first-order valence-electron chi connectivity index (χ1n) is 9.85. The maximum atomic E-state index is 5.26. The van der Waals surface area contributed by atoms with Crippen LogP contribution in [0.2, 0.25) is 0 Å². The number of likely N-dealkylation sites (tertiary alicyclic amines) is 1. The van der Waals surface area contributed by atoms with Gasteiger partial charge in [-0.05, 0) is 64.4 Å². The Morgan fingerprint density at radius 2 is 2.00 bits per heavy atom. The van der Waals surface area contributed by atoms with E-state index in [1.54, 1.807) is 7.11 Å². The molecule has 1 aliphatic heterocycles. The Morgan fingerprint density at radius 1 is 1.30 bits per heavy atom. The van der Waals surface area contributed by atoms with E-state index >= 15 is 0 Å². The molecule has 1 unspecified atom stereocenters. The normalized spacial score (nSPS) is 17.4. The number of methoxy groups -OCH3 is 1. The number of hydrogen-bond acceptors (Lipinski definition) is 3. The highest BCUT2D eigenvalue weighted by Gasteiger charge is 2.25. The molecule has 2 rings (SSSR count). The largest absolute Gasteiger partial charge is 0.497 e. The Hall–Kier alpha value is -1.02. The zero-order valence-corrected chi connectivity index (χ0v) is 19.9. The zero-order valence-electron chi connectivity index (χ0n) is 17.6. The number of halogens is 1. The average Bonchev–Trinajstić information content (AvgIpc) is 3.14. The molecule has 0 aliphatic carbocycles. The molecular formula is C21H37IN4O. The molecule has 0 saturated carbocycles. The summed E-state index contributed by atoms with van der Waals surface area (Å²) < 4.78 is 5.26. The van der Waals surface area contributed by atoms with Gasteiger partial charge in [-0.1, -0.05) is 12.1 Å². The van der Waals surface area contributed by atoms with Crippen molar-refractivity contribution < 1.29 is 4.74 Å². The van der Waals surface area contributed by atoms with Crippen LogP contribution in [0.4, 0.5) is 0 Å². The van der Waals surface area contributed by atoms with E-state index < -0.39 is 0 Å². The predicted octanol–water partition coefficient (Wildman–Crippen LogP) is 3.80. The number of rotatable bonds is 8. The fourth-order valence-corrected chi connectivity index (χ4v) is 3.38. The van der Waals surface area contributed by atoms with Crippen LogP contribution in [0.15, 0.2) is 29.3 Å². The lowest BCUT2D eigenvalue weighted by atomic mass is 9.98. The van der Waals surface area contributed by atoms with Crippen LogP contribution in [0.25, 0.3) is 0 Å². The summed E-state index contributed by atoms with van der Waals surface area (Å²) in [5, 5.41) is 3.54. The second-order valence-electron chi connectivity index (χ2n) is 7.46. The smallest absolute Gasteiger partial charge is 0.193 e. The van der Waals surface area contributed by atoms with Gasteiger partial charge in [-0.3, -0.25) is 4.99 Å². The summed E-state index contributed by atoms with van der Waals surface area (Å²) in [6.45, 7) is 8.72. The summed E-state index contributed by atoms with van der Waals surface area (Å²) in [5.41, 5.74) is 1.39. The zero-order chi connectivity index (χ0) is 18.9. The van der Waals surface area contributed by atoms with Crippen molar-refractivity contribution in [2.45, 2.75) is 45.1 Å². The predicted molar refractivity (Wildman–Crippen MR) is 126 cm³/mol. The monoisotopic (exact) mass is 488 g/mol. The molecule has 1 aliphatic rings. The highest BCUT2D eigenvalue weighted by Crippen LogP contribution is 2.28. The standard InChI is InChI=1S/C21H36N4O.HI/c1-17(2)24(4)14-7-6-13-23-21(22-3)25-15-12-19(16-25)18-8-10-20(26-5)11-9-18;/h8-11,17,19H,6-7,12-16H2,1-5H3,(H,22,23);1H. The molecule has 154 valence electrons.